The zero-order valence-corrected chi connectivity index (χ0v) is 8.67. The van der Waals surface area contributed by atoms with Gasteiger partial charge in [0, 0.05) is 19.0 Å². The SMILES string of the molecule is NC1CC(=O)N(c2cccc(F)c2Cl)C1. The summed E-state index contributed by atoms with van der Waals surface area (Å²) in [6.45, 7) is 0.391. The lowest BCUT2D eigenvalue weighted by Gasteiger charge is -2.17. The molecule has 1 fully saturated rings. The normalized spacial score (nSPS) is 21.1. The van der Waals surface area contributed by atoms with Crippen molar-refractivity contribution in [3.05, 3.63) is 29.0 Å². The summed E-state index contributed by atoms with van der Waals surface area (Å²) in [6, 6.07) is 4.19. The summed E-state index contributed by atoms with van der Waals surface area (Å²) in [6.07, 6.45) is 0.285. The molecule has 1 atom stereocenters. The van der Waals surface area contributed by atoms with E-state index < -0.39 is 5.82 Å². The molecular weight excluding hydrogens is 219 g/mol. The molecule has 1 aromatic carbocycles. The molecule has 1 unspecified atom stereocenters. The van der Waals surface area contributed by atoms with Crippen molar-refractivity contribution in [3.63, 3.8) is 0 Å². The van der Waals surface area contributed by atoms with Crippen LogP contribution >= 0.6 is 11.6 Å². The van der Waals surface area contributed by atoms with Crippen LogP contribution in [0, 0.1) is 5.82 Å². The molecule has 15 heavy (non-hydrogen) atoms. The third-order valence-electron chi connectivity index (χ3n) is 2.38. The van der Waals surface area contributed by atoms with Crippen LogP contribution in [0.4, 0.5) is 10.1 Å². The highest BCUT2D eigenvalue weighted by Gasteiger charge is 2.29. The number of amides is 1. The third-order valence-corrected chi connectivity index (χ3v) is 2.75. The average molecular weight is 229 g/mol. The monoisotopic (exact) mass is 228 g/mol. The summed E-state index contributed by atoms with van der Waals surface area (Å²) in [4.78, 5) is 12.9. The first-order valence-electron chi connectivity index (χ1n) is 4.59. The second-order valence-corrected chi connectivity index (χ2v) is 3.92. The molecule has 1 aliphatic rings. The van der Waals surface area contributed by atoms with E-state index in [9.17, 15) is 9.18 Å². The molecule has 80 valence electrons. The van der Waals surface area contributed by atoms with E-state index in [1.807, 2.05) is 0 Å². The number of hydrogen-bond donors (Lipinski definition) is 1. The van der Waals surface area contributed by atoms with Gasteiger partial charge in [0.2, 0.25) is 5.91 Å². The molecule has 0 saturated carbocycles. The highest BCUT2D eigenvalue weighted by molar-refractivity contribution is 6.34. The van der Waals surface area contributed by atoms with Crippen LogP contribution < -0.4 is 10.6 Å². The van der Waals surface area contributed by atoms with Crippen molar-refractivity contribution in [3.8, 4) is 0 Å². The summed E-state index contributed by atoms with van der Waals surface area (Å²) >= 11 is 5.78. The second kappa shape index (κ2) is 3.79. The Morgan fingerprint density at radius 3 is 2.87 bits per heavy atom. The lowest BCUT2D eigenvalue weighted by Crippen LogP contribution is -2.28. The zero-order chi connectivity index (χ0) is 11.0. The Morgan fingerprint density at radius 2 is 2.27 bits per heavy atom. The largest absolute Gasteiger partial charge is 0.326 e. The summed E-state index contributed by atoms with van der Waals surface area (Å²) in [5, 5.41) is -0.0278. The molecule has 2 N–H and O–H groups in total. The van der Waals surface area contributed by atoms with Gasteiger partial charge in [-0.05, 0) is 12.1 Å². The molecule has 0 aromatic heterocycles. The van der Waals surface area contributed by atoms with E-state index in [1.165, 1.54) is 17.0 Å². The molecular formula is C10H10ClFN2O. The Labute approximate surface area is 91.6 Å². The summed E-state index contributed by atoms with van der Waals surface area (Å²) in [7, 11) is 0. The number of carbonyl (C=O) groups is 1. The van der Waals surface area contributed by atoms with E-state index in [4.69, 9.17) is 17.3 Å². The van der Waals surface area contributed by atoms with Gasteiger partial charge in [-0.3, -0.25) is 4.79 Å². The van der Waals surface area contributed by atoms with Crippen LogP contribution in [-0.2, 0) is 4.79 Å². The Balaban J connectivity index is 2.38. The maximum atomic E-state index is 13.2. The average Bonchev–Trinajstić information content (AvgIpc) is 2.50. The molecule has 1 aliphatic heterocycles. The van der Waals surface area contributed by atoms with Gasteiger partial charge < -0.3 is 10.6 Å². The van der Waals surface area contributed by atoms with E-state index >= 15 is 0 Å². The molecule has 1 aromatic rings. The molecule has 0 radical (unpaired) electrons. The Hall–Kier alpha value is -1.13. The third kappa shape index (κ3) is 1.82. The van der Waals surface area contributed by atoms with Crippen LogP contribution in [0.2, 0.25) is 5.02 Å². The smallest absolute Gasteiger partial charge is 0.228 e. The van der Waals surface area contributed by atoms with E-state index in [-0.39, 0.29) is 23.4 Å². The summed E-state index contributed by atoms with van der Waals surface area (Å²) in [5.74, 6) is -0.641. The first-order chi connectivity index (χ1) is 7.09. The van der Waals surface area contributed by atoms with Crippen molar-refractivity contribution < 1.29 is 9.18 Å². The predicted molar refractivity (Wildman–Crippen MR) is 56.4 cm³/mol. The number of carbonyl (C=O) groups excluding carboxylic acids is 1. The van der Waals surface area contributed by atoms with Gasteiger partial charge in [0.25, 0.3) is 0 Å². The second-order valence-electron chi connectivity index (χ2n) is 3.54. The topological polar surface area (TPSA) is 46.3 Å². The number of hydrogen-bond acceptors (Lipinski definition) is 2. The first-order valence-corrected chi connectivity index (χ1v) is 4.97. The van der Waals surface area contributed by atoms with Crippen molar-refractivity contribution in [1.82, 2.24) is 0 Å². The van der Waals surface area contributed by atoms with E-state index in [2.05, 4.69) is 0 Å². The molecule has 3 nitrogen and oxygen atoms in total. The van der Waals surface area contributed by atoms with Crippen LogP contribution in [0.3, 0.4) is 0 Å². The van der Waals surface area contributed by atoms with Crippen LogP contribution in [0.5, 0.6) is 0 Å². The van der Waals surface area contributed by atoms with Gasteiger partial charge >= 0.3 is 0 Å². The standard InChI is InChI=1S/C10H10ClFN2O/c11-10-7(12)2-1-3-8(10)14-5-6(13)4-9(14)15/h1-3,6H,4-5,13H2. The molecule has 2 rings (SSSR count). The lowest BCUT2D eigenvalue weighted by atomic mass is 10.3. The molecule has 1 amide bonds. The quantitative estimate of drug-likeness (QED) is 0.793. The number of nitrogens with two attached hydrogens (primary N) is 1. The van der Waals surface area contributed by atoms with Crippen molar-refractivity contribution in [2.75, 3.05) is 11.4 Å². The highest BCUT2D eigenvalue weighted by atomic mass is 35.5. The van der Waals surface area contributed by atoms with Crippen molar-refractivity contribution in [1.29, 1.82) is 0 Å². The van der Waals surface area contributed by atoms with Gasteiger partial charge in [-0.1, -0.05) is 17.7 Å². The fourth-order valence-electron chi connectivity index (χ4n) is 1.67. The fourth-order valence-corrected chi connectivity index (χ4v) is 1.90. The van der Waals surface area contributed by atoms with Gasteiger partial charge in [-0.2, -0.15) is 0 Å². The Kier molecular flexibility index (Phi) is 2.63. The van der Waals surface area contributed by atoms with Crippen LogP contribution in [-0.4, -0.2) is 18.5 Å². The fraction of sp³-hybridized carbons (Fsp3) is 0.300. The number of benzene rings is 1. The van der Waals surface area contributed by atoms with Gasteiger partial charge in [-0.15, -0.1) is 0 Å². The van der Waals surface area contributed by atoms with Gasteiger partial charge in [0.05, 0.1) is 5.69 Å². The van der Waals surface area contributed by atoms with Crippen LogP contribution in [0.15, 0.2) is 18.2 Å². The van der Waals surface area contributed by atoms with Gasteiger partial charge in [-0.25, -0.2) is 4.39 Å². The Morgan fingerprint density at radius 1 is 1.53 bits per heavy atom. The minimum absolute atomic E-state index is 0.0278. The Bertz CT molecular complexity index is 410. The number of anilines is 1. The number of halogens is 2. The summed E-state index contributed by atoms with van der Waals surface area (Å²) in [5.41, 5.74) is 6.04. The predicted octanol–water partition coefficient (Wildman–Crippen LogP) is 1.54. The highest BCUT2D eigenvalue weighted by Crippen LogP contribution is 2.30. The first kappa shape index (κ1) is 10.4. The molecule has 5 heteroatoms. The van der Waals surface area contributed by atoms with Crippen LogP contribution in [0.1, 0.15) is 6.42 Å². The molecule has 0 bridgehead atoms. The molecule has 0 spiro atoms. The molecule has 0 aliphatic carbocycles. The van der Waals surface area contributed by atoms with E-state index in [1.54, 1.807) is 6.07 Å². The maximum absolute atomic E-state index is 13.2. The maximum Gasteiger partial charge on any atom is 0.228 e. The molecule has 1 saturated heterocycles. The van der Waals surface area contributed by atoms with E-state index in [0.717, 1.165) is 0 Å². The van der Waals surface area contributed by atoms with Gasteiger partial charge in [0.1, 0.15) is 10.8 Å². The van der Waals surface area contributed by atoms with Crippen LogP contribution in [0.25, 0.3) is 0 Å². The van der Waals surface area contributed by atoms with Crippen molar-refractivity contribution in [2.24, 2.45) is 5.73 Å². The minimum Gasteiger partial charge on any atom is -0.326 e. The van der Waals surface area contributed by atoms with Crippen molar-refractivity contribution >= 4 is 23.2 Å². The number of nitrogens with zero attached hydrogens (tertiary/aromatic N) is 1. The minimum atomic E-state index is -0.526. The summed E-state index contributed by atoms with van der Waals surface area (Å²) < 4.78 is 13.2. The molecule has 1 heterocycles. The van der Waals surface area contributed by atoms with Gasteiger partial charge in [0.15, 0.2) is 0 Å². The van der Waals surface area contributed by atoms with Crippen molar-refractivity contribution in [2.45, 2.75) is 12.5 Å². The zero-order valence-electron chi connectivity index (χ0n) is 7.91. The number of rotatable bonds is 1. The lowest BCUT2D eigenvalue weighted by molar-refractivity contribution is -0.117. The van der Waals surface area contributed by atoms with E-state index in [0.29, 0.717) is 12.2 Å².